The zero-order valence-electron chi connectivity index (χ0n) is 8.49. The van der Waals surface area contributed by atoms with Crippen LogP contribution < -0.4 is 0 Å². The molecule has 1 heterocycles. The molecule has 0 aliphatic carbocycles. The third kappa shape index (κ3) is 1.98. The summed E-state index contributed by atoms with van der Waals surface area (Å²) in [6, 6.07) is 11.2. The minimum Gasteiger partial charge on any atom is -0.345 e. The first-order valence-electron chi connectivity index (χ1n) is 4.34. The van der Waals surface area contributed by atoms with Gasteiger partial charge in [-0.1, -0.05) is 18.2 Å². The molecule has 2 heteroatoms. The molecular weight excluding hydrogens is 169 g/mol. The second-order valence-corrected chi connectivity index (χ2v) is 3.38. The van der Waals surface area contributed by atoms with Gasteiger partial charge in [0.05, 0.1) is 0 Å². The van der Waals surface area contributed by atoms with Crippen LogP contribution in [0, 0.1) is 0 Å². The van der Waals surface area contributed by atoms with Gasteiger partial charge in [-0.15, -0.1) is 0 Å². The van der Waals surface area contributed by atoms with E-state index < -0.39 is 0 Å². The van der Waals surface area contributed by atoms with Crippen LogP contribution in [0.3, 0.4) is 0 Å². The quantitative estimate of drug-likeness (QED) is 0.598. The molecule has 63 valence electrons. The SMILES string of the molecule is CC(C)n1ccc2ccccc21.[Na]. The topological polar surface area (TPSA) is 4.93 Å². The minimum absolute atomic E-state index is 0. The predicted molar refractivity (Wildman–Crippen MR) is 58.1 cm³/mol. The van der Waals surface area contributed by atoms with Crippen LogP contribution in [0.2, 0.25) is 0 Å². The van der Waals surface area contributed by atoms with E-state index in [0.717, 1.165) is 0 Å². The van der Waals surface area contributed by atoms with Crippen molar-refractivity contribution < 1.29 is 0 Å². The van der Waals surface area contributed by atoms with Crippen LogP contribution in [0.25, 0.3) is 10.9 Å². The molecule has 0 aliphatic heterocycles. The van der Waals surface area contributed by atoms with Crippen LogP contribution in [0.15, 0.2) is 36.5 Å². The van der Waals surface area contributed by atoms with Gasteiger partial charge in [-0.2, -0.15) is 0 Å². The maximum atomic E-state index is 2.29. The molecule has 0 spiro atoms. The van der Waals surface area contributed by atoms with Crippen LogP contribution in [-0.4, -0.2) is 34.1 Å². The van der Waals surface area contributed by atoms with Gasteiger partial charge in [-0.25, -0.2) is 0 Å². The zero-order valence-corrected chi connectivity index (χ0v) is 10.5. The molecule has 0 N–H and O–H groups in total. The van der Waals surface area contributed by atoms with E-state index in [1.807, 2.05) is 0 Å². The van der Waals surface area contributed by atoms with Gasteiger partial charge in [-0.3, -0.25) is 0 Å². The van der Waals surface area contributed by atoms with Crippen LogP contribution >= 0.6 is 0 Å². The van der Waals surface area contributed by atoms with Gasteiger partial charge in [0.15, 0.2) is 0 Å². The number of fused-ring (bicyclic) bond motifs is 1. The Labute approximate surface area is 101 Å². The molecule has 1 aromatic heterocycles. The molecule has 0 atom stereocenters. The minimum atomic E-state index is 0. The van der Waals surface area contributed by atoms with Crippen molar-refractivity contribution >= 4 is 40.5 Å². The standard InChI is InChI=1S/C11H13N.Na/c1-9(2)12-8-7-10-5-3-4-6-11(10)12;/h3-9H,1-2H3;. The Kier molecular flexibility index (Phi) is 3.60. The summed E-state index contributed by atoms with van der Waals surface area (Å²) in [6.07, 6.45) is 2.15. The fraction of sp³-hybridized carbons (Fsp3) is 0.273. The number of para-hydroxylation sites is 1. The molecule has 1 aromatic carbocycles. The number of hydrogen-bond acceptors (Lipinski definition) is 0. The van der Waals surface area contributed by atoms with Gasteiger partial charge in [0, 0.05) is 47.3 Å². The van der Waals surface area contributed by atoms with Gasteiger partial charge < -0.3 is 4.57 Å². The summed E-state index contributed by atoms with van der Waals surface area (Å²) in [6.45, 7) is 4.40. The summed E-state index contributed by atoms with van der Waals surface area (Å²) in [5, 5.41) is 1.33. The maximum Gasteiger partial charge on any atom is 0.0482 e. The maximum absolute atomic E-state index is 2.29. The van der Waals surface area contributed by atoms with Crippen LogP contribution in [0.5, 0.6) is 0 Å². The summed E-state index contributed by atoms with van der Waals surface area (Å²) >= 11 is 0. The Hall–Kier alpha value is -0.240. The van der Waals surface area contributed by atoms with E-state index in [-0.39, 0.29) is 29.6 Å². The van der Waals surface area contributed by atoms with Gasteiger partial charge in [0.25, 0.3) is 0 Å². The smallest absolute Gasteiger partial charge is 0.0482 e. The van der Waals surface area contributed by atoms with Crippen molar-refractivity contribution in [3.8, 4) is 0 Å². The first kappa shape index (κ1) is 10.8. The average molecular weight is 182 g/mol. The van der Waals surface area contributed by atoms with Crippen molar-refractivity contribution in [1.82, 2.24) is 4.57 Å². The predicted octanol–water partition coefficient (Wildman–Crippen LogP) is 2.84. The molecule has 1 radical (unpaired) electrons. The van der Waals surface area contributed by atoms with Crippen LogP contribution in [0.1, 0.15) is 19.9 Å². The second-order valence-electron chi connectivity index (χ2n) is 3.38. The van der Waals surface area contributed by atoms with E-state index in [4.69, 9.17) is 0 Å². The summed E-state index contributed by atoms with van der Waals surface area (Å²) in [4.78, 5) is 0. The molecule has 0 aliphatic rings. The third-order valence-electron chi connectivity index (χ3n) is 2.19. The molecule has 0 saturated heterocycles. The Morgan fingerprint density at radius 2 is 1.77 bits per heavy atom. The Balaban J connectivity index is 0.000000845. The molecule has 0 fully saturated rings. The average Bonchev–Trinajstić information content (AvgIpc) is 2.47. The van der Waals surface area contributed by atoms with Gasteiger partial charge >= 0.3 is 0 Å². The van der Waals surface area contributed by atoms with E-state index >= 15 is 0 Å². The normalized spacial score (nSPS) is 10.4. The largest absolute Gasteiger partial charge is 0.345 e. The van der Waals surface area contributed by atoms with E-state index in [2.05, 4.69) is 54.9 Å². The Morgan fingerprint density at radius 1 is 1.08 bits per heavy atom. The van der Waals surface area contributed by atoms with E-state index in [9.17, 15) is 0 Å². The Morgan fingerprint density at radius 3 is 2.46 bits per heavy atom. The number of benzene rings is 1. The first-order chi connectivity index (χ1) is 5.79. The molecule has 0 unspecified atom stereocenters. The Bertz CT molecular complexity index is 390. The molecular formula is C11H13NNa. The van der Waals surface area contributed by atoms with Gasteiger partial charge in [0.1, 0.15) is 0 Å². The first-order valence-corrected chi connectivity index (χ1v) is 4.34. The van der Waals surface area contributed by atoms with Gasteiger partial charge in [-0.05, 0) is 31.4 Å². The van der Waals surface area contributed by atoms with Gasteiger partial charge in [0.2, 0.25) is 0 Å². The van der Waals surface area contributed by atoms with Crippen molar-refractivity contribution in [2.45, 2.75) is 19.9 Å². The fourth-order valence-corrected chi connectivity index (χ4v) is 1.55. The number of aromatic nitrogens is 1. The van der Waals surface area contributed by atoms with E-state index in [1.54, 1.807) is 0 Å². The van der Waals surface area contributed by atoms with Crippen molar-refractivity contribution in [2.75, 3.05) is 0 Å². The second kappa shape index (κ2) is 4.32. The fourth-order valence-electron chi connectivity index (χ4n) is 1.55. The van der Waals surface area contributed by atoms with E-state index in [1.165, 1.54) is 10.9 Å². The number of hydrogen-bond donors (Lipinski definition) is 0. The molecule has 0 bridgehead atoms. The molecule has 0 amide bonds. The summed E-state index contributed by atoms with van der Waals surface area (Å²) in [5.41, 5.74) is 1.33. The number of nitrogens with zero attached hydrogens (tertiary/aromatic N) is 1. The monoisotopic (exact) mass is 182 g/mol. The molecule has 13 heavy (non-hydrogen) atoms. The summed E-state index contributed by atoms with van der Waals surface area (Å²) in [7, 11) is 0. The third-order valence-corrected chi connectivity index (χ3v) is 2.19. The van der Waals surface area contributed by atoms with Crippen molar-refractivity contribution in [1.29, 1.82) is 0 Å². The molecule has 1 nitrogen and oxygen atoms in total. The van der Waals surface area contributed by atoms with Crippen molar-refractivity contribution in [3.05, 3.63) is 36.5 Å². The summed E-state index contributed by atoms with van der Waals surface area (Å²) in [5.74, 6) is 0. The summed E-state index contributed by atoms with van der Waals surface area (Å²) < 4.78 is 2.29. The molecule has 2 rings (SSSR count). The molecule has 0 saturated carbocycles. The van der Waals surface area contributed by atoms with E-state index in [0.29, 0.717) is 6.04 Å². The molecule has 2 aromatic rings. The number of rotatable bonds is 1. The van der Waals surface area contributed by atoms with Crippen LogP contribution in [0.4, 0.5) is 0 Å². The van der Waals surface area contributed by atoms with Crippen molar-refractivity contribution in [2.24, 2.45) is 0 Å². The van der Waals surface area contributed by atoms with Crippen molar-refractivity contribution in [3.63, 3.8) is 0 Å². The zero-order chi connectivity index (χ0) is 8.55. The van der Waals surface area contributed by atoms with Crippen LogP contribution in [-0.2, 0) is 0 Å².